The van der Waals surface area contributed by atoms with Gasteiger partial charge in [-0.25, -0.2) is 8.42 Å². The number of halogens is 1. The number of sulfone groups is 1. The number of phenolic OH excluding ortho intramolecular Hbond substituents is 1. The van der Waals surface area contributed by atoms with Crippen molar-refractivity contribution in [2.24, 2.45) is 0 Å². The average molecular weight is 438 g/mol. The number of fused-ring (bicyclic) bond motifs is 1. The first-order chi connectivity index (χ1) is 14.4. The second-order valence-electron chi connectivity index (χ2n) is 6.59. The lowest BCUT2D eigenvalue weighted by atomic mass is 10.1. The molecule has 1 amide bonds. The summed E-state index contributed by atoms with van der Waals surface area (Å²) in [6.45, 7) is 0. The van der Waals surface area contributed by atoms with Crippen molar-refractivity contribution in [1.29, 1.82) is 0 Å². The third kappa shape index (κ3) is 3.63. The van der Waals surface area contributed by atoms with Crippen LogP contribution in [-0.2, 0) is 9.84 Å². The number of phenols is 1. The van der Waals surface area contributed by atoms with Crippen LogP contribution in [0.15, 0.2) is 94.7 Å². The minimum atomic E-state index is -4.01. The van der Waals surface area contributed by atoms with Gasteiger partial charge in [-0.3, -0.25) is 4.79 Å². The number of nitrogens with one attached hydrogen (secondary N) is 1. The smallest absolute Gasteiger partial charge is 0.255 e. The summed E-state index contributed by atoms with van der Waals surface area (Å²) in [5.74, 6) is -0.787. The van der Waals surface area contributed by atoms with Gasteiger partial charge in [0.1, 0.15) is 10.6 Å². The average Bonchev–Trinajstić information content (AvgIpc) is 2.76. The van der Waals surface area contributed by atoms with Gasteiger partial charge in [0.05, 0.1) is 10.6 Å². The Morgan fingerprint density at radius 1 is 0.833 bits per heavy atom. The van der Waals surface area contributed by atoms with Crippen LogP contribution >= 0.6 is 11.6 Å². The van der Waals surface area contributed by atoms with Crippen LogP contribution in [0.4, 0.5) is 5.69 Å². The van der Waals surface area contributed by atoms with Gasteiger partial charge in [0.25, 0.3) is 5.91 Å². The Labute approximate surface area is 178 Å². The van der Waals surface area contributed by atoms with E-state index in [2.05, 4.69) is 5.32 Å². The number of rotatable bonds is 4. The minimum absolute atomic E-state index is 0.0468. The summed E-state index contributed by atoms with van der Waals surface area (Å²) in [5.41, 5.74) is 0.641. The summed E-state index contributed by atoms with van der Waals surface area (Å²) in [7, 11) is -4.01. The lowest BCUT2D eigenvalue weighted by Crippen LogP contribution is -2.13. The molecule has 0 aliphatic rings. The second kappa shape index (κ2) is 7.82. The number of anilines is 1. The molecule has 0 aliphatic carbocycles. The molecule has 4 rings (SSSR count). The van der Waals surface area contributed by atoms with Crippen molar-refractivity contribution < 1.29 is 18.3 Å². The summed E-state index contributed by atoms with van der Waals surface area (Å²) < 4.78 is 26.3. The molecule has 5 nitrogen and oxygen atoms in total. The fourth-order valence-electron chi connectivity index (χ4n) is 3.17. The molecule has 0 saturated carbocycles. The molecular weight excluding hydrogens is 422 g/mol. The van der Waals surface area contributed by atoms with E-state index >= 15 is 0 Å². The van der Waals surface area contributed by atoms with Gasteiger partial charge in [0.2, 0.25) is 9.84 Å². The van der Waals surface area contributed by atoms with Gasteiger partial charge >= 0.3 is 0 Å². The molecule has 30 heavy (non-hydrogen) atoms. The van der Waals surface area contributed by atoms with Gasteiger partial charge in [0.15, 0.2) is 0 Å². The SMILES string of the molecule is O=C(Nc1cc(S(=O)(=O)c2ccccc2)c(O)c2ccccc12)c1ccc(Cl)cc1. The fraction of sp³-hybridized carbons (Fsp3) is 0. The summed E-state index contributed by atoms with van der Waals surface area (Å²) in [5, 5.41) is 14.8. The van der Waals surface area contributed by atoms with Crippen LogP contribution in [0.3, 0.4) is 0 Å². The molecule has 0 heterocycles. The highest BCUT2D eigenvalue weighted by Crippen LogP contribution is 2.39. The van der Waals surface area contributed by atoms with E-state index in [1.807, 2.05) is 0 Å². The zero-order chi connectivity index (χ0) is 21.3. The van der Waals surface area contributed by atoms with Crippen molar-refractivity contribution >= 4 is 43.8 Å². The van der Waals surface area contributed by atoms with Gasteiger partial charge in [-0.2, -0.15) is 0 Å². The zero-order valence-corrected chi connectivity index (χ0v) is 17.1. The van der Waals surface area contributed by atoms with Crippen molar-refractivity contribution in [2.45, 2.75) is 9.79 Å². The van der Waals surface area contributed by atoms with Crippen LogP contribution in [0, 0.1) is 0 Å². The molecule has 7 heteroatoms. The second-order valence-corrected chi connectivity index (χ2v) is 8.95. The first-order valence-corrected chi connectivity index (χ1v) is 10.9. The van der Waals surface area contributed by atoms with E-state index in [0.29, 0.717) is 21.4 Å². The van der Waals surface area contributed by atoms with Crippen LogP contribution in [0.1, 0.15) is 10.4 Å². The lowest BCUT2D eigenvalue weighted by Gasteiger charge is -2.14. The molecule has 0 radical (unpaired) electrons. The van der Waals surface area contributed by atoms with Crippen LogP contribution in [0.2, 0.25) is 5.02 Å². The predicted octanol–water partition coefficient (Wildman–Crippen LogP) is 5.28. The van der Waals surface area contributed by atoms with Gasteiger partial charge in [-0.15, -0.1) is 0 Å². The van der Waals surface area contributed by atoms with Crippen molar-refractivity contribution in [3.8, 4) is 5.75 Å². The Morgan fingerprint density at radius 2 is 1.43 bits per heavy atom. The first kappa shape index (κ1) is 19.9. The predicted molar refractivity (Wildman–Crippen MR) is 117 cm³/mol. The van der Waals surface area contributed by atoms with Crippen molar-refractivity contribution in [2.75, 3.05) is 5.32 Å². The Morgan fingerprint density at radius 3 is 2.10 bits per heavy atom. The Kier molecular flexibility index (Phi) is 5.20. The number of hydrogen-bond acceptors (Lipinski definition) is 4. The molecule has 0 fully saturated rings. The molecule has 4 aromatic carbocycles. The number of benzene rings is 4. The molecule has 2 N–H and O–H groups in total. The van der Waals surface area contributed by atoms with E-state index < -0.39 is 15.7 Å². The maximum Gasteiger partial charge on any atom is 0.255 e. The van der Waals surface area contributed by atoms with Gasteiger partial charge in [-0.1, -0.05) is 54.1 Å². The molecule has 0 spiro atoms. The summed E-state index contributed by atoms with van der Waals surface area (Å²) in [6.07, 6.45) is 0. The minimum Gasteiger partial charge on any atom is -0.506 e. The molecule has 0 bridgehead atoms. The maximum atomic E-state index is 13.2. The maximum absolute atomic E-state index is 13.2. The zero-order valence-electron chi connectivity index (χ0n) is 15.5. The van der Waals surface area contributed by atoms with Gasteiger partial charge < -0.3 is 10.4 Å². The number of carbonyl (C=O) groups is 1. The number of amides is 1. The van der Waals surface area contributed by atoms with E-state index in [1.165, 1.54) is 18.2 Å². The van der Waals surface area contributed by atoms with E-state index in [-0.39, 0.29) is 21.2 Å². The summed E-state index contributed by atoms with van der Waals surface area (Å²) in [4.78, 5) is 12.5. The lowest BCUT2D eigenvalue weighted by molar-refractivity contribution is 0.102. The van der Waals surface area contributed by atoms with Crippen molar-refractivity contribution in [3.63, 3.8) is 0 Å². The Balaban J connectivity index is 1.87. The topological polar surface area (TPSA) is 83.5 Å². The summed E-state index contributed by atoms with van der Waals surface area (Å²) >= 11 is 5.88. The summed E-state index contributed by atoms with van der Waals surface area (Å²) in [6, 6.07) is 22.2. The molecule has 0 unspecified atom stereocenters. The molecule has 0 saturated heterocycles. The highest BCUT2D eigenvalue weighted by atomic mass is 35.5. The molecular formula is C23H16ClNO4S. The molecule has 0 aliphatic heterocycles. The molecule has 4 aromatic rings. The van der Waals surface area contributed by atoms with Crippen LogP contribution in [0.25, 0.3) is 10.8 Å². The van der Waals surface area contributed by atoms with Gasteiger partial charge in [-0.05, 0) is 42.5 Å². The Hall–Kier alpha value is -3.35. The number of carbonyl (C=O) groups excluding carboxylic acids is 1. The van der Waals surface area contributed by atoms with Crippen LogP contribution < -0.4 is 5.32 Å². The standard InChI is InChI=1S/C23H16ClNO4S/c24-16-12-10-15(11-13-16)23(27)25-20-14-21(22(26)19-9-5-4-8-18(19)20)30(28,29)17-6-2-1-3-7-17/h1-14,26H,(H,25,27). The molecule has 150 valence electrons. The number of hydrogen-bond donors (Lipinski definition) is 2. The van der Waals surface area contributed by atoms with Crippen molar-refractivity contribution in [3.05, 3.63) is 95.5 Å². The van der Waals surface area contributed by atoms with E-state index in [0.717, 1.165) is 0 Å². The third-order valence-corrected chi connectivity index (χ3v) is 6.71. The first-order valence-electron chi connectivity index (χ1n) is 9.00. The monoisotopic (exact) mass is 437 g/mol. The van der Waals surface area contributed by atoms with Crippen molar-refractivity contribution in [1.82, 2.24) is 0 Å². The highest BCUT2D eigenvalue weighted by Gasteiger charge is 2.25. The van der Waals surface area contributed by atoms with Crippen LogP contribution in [-0.4, -0.2) is 19.4 Å². The van der Waals surface area contributed by atoms with E-state index in [9.17, 15) is 18.3 Å². The quantitative estimate of drug-likeness (QED) is 0.425. The molecule has 0 aromatic heterocycles. The fourth-order valence-corrected chi connectivity index (χ4v) is 4.70. The van der Waals surface area contributed by atoms with E-state index in [1.54, 1.807) is 66.7 Å². The van der Waals surface area contributed by atoms with Gasteiger partial charge in [0, 0.05) is 21.4 Å². The third-order valence-electron chi connectivity index (χ3n) is 4.68. The van der Waals surface area contributed by atoms with Crippen LogP contribution in [0.5, 0.6) is 5.75 Å². The largest absolute Gasteiger partial charge is 0.506 e. The normalized spacial score (nSPS) is 11.4. The Bertz CT molecular complexity index is 1350. The number of aromatic hydroxyl groups is 1. The highest BCUT2D eigenvalue weighted by molar-refractivity contribution is 7.91. The molecule has 0 atom stereocenters. The van der Waals surface area contributed by atoms with E-state index in [4.69, 9.17) is 11.6 Å².